The molecule has 3 fully saturated rings. The fourth-order valence-electron chi connectivity index (χ4n) is 8.31. The molecule has 1 saturated carbocycles. The Labute approximate surface area is 318 Å². The first-order valence-electron chi connectivity index (χ1n) is 19.2. The van der Waals surface area contributed by atoms with Crippen LogP contribution in [0.3, 0.4) is 0 Å². The number of carbonyl (C=O) groups excluding carboxylic acids is 3. The van der Waals surface area contributed by atoms with Gasteiger partial charge in [-0.2, -0.15) is 13.2 Å². The number of imide groups is 1. The van der Waals surface area contributed by atoms with Crippen molar-refractivity contribution in [1.82, 2.24) is 24.6 Å². The Morgan fingerprint density at radius 2 is 1.73 bits per heavy atom. The summed E-state index contributed by atoms with van der Waals surface area (Å²) < 4.78 is 47.4. The van der Waals surface area contributed by atoms with Gasteiger partial charge in [0.1, 0.15) is 22.9 Å². The first-order chi connectivity index (χ1) is 26.3. The van der Waals surface area contributed by atoms with Crippen LogP contribution in [0.2, 0.25) is 0 Å². The Morgan fingerprint density at radius 1 is 0.982 bits per heavy atom. The van der Waals surface area contributed by atoms with Crippen LogP contribution in [-0.4, -0.2) is 75.8 Å². The molecular formula is C41H48F3N7O4. The van der Waals surface area contributed by atoms with E-state index in [2.05, 4.69) is 44.6 Å². The molecule has 5 heterocycles. The maximum Gasteiger partial charge on any atom is 0.433 e. The lowest BCUT2D eigenvalue weighted by atomic mass is 9.80. The van der Waals surface area contributed by atoms with E-state index in [4.69, 9.17) is 9.72 Å². The largest absolute Gasteiger partial charge is 0.490 e. The monoisotopic (exact) mass is 759 g/mol. The highest BCUT2D eigenvalue weighted by molar-refractivity contribution is 6.06. The minimum atomic E-state index is -4.63. The van der Waals surface area contributed by atoms with Gasteiger partial charge in [0.25, 0.3) is 5.91 Å². The number of hydrogen-bond acceptors (Lipinski definition) is 8. The van der Waals surface area contributed by atoms with E-state index in [0.717, 1.165) is 81.2 Å². The quantitative estimate of drug-likeness (QED) is 0.163. The Hall–Kier alpha value is -4.98. The zero-order valence-electron chi connectivity index (χ0n) is 31.4. The number of pyridine rings is 2. The summed E-state index contributed by atoms with van der Waals surface area (Å²) in [4.78, 5) is 50.9. The van der Waals surface area contributed by atoms with Gasteiger partial charge in [-0.3, -0.25) is 19.7 Å². The number of fused-ring (bicyclic) bond motifs is 1. The molecule has 7 rings (SSSR count). The van der Waals surface area contributed by atoms with E-state index in [1.54, 1.807) is 16.7 Å². The van der Waals surface area contributed by atoms with Crippen molar-refractivity contribution in [2.75, 3.05) is 36.9 Å². The van der Waals surface area contributed by atoms with E-state index >= 15 is 0 Å². The standard InChI is InChI=1S/C41H48F3N7O4/c1-25(2)55-34-21-37-45-33(24-51(37)23-32(34)40(54)47-36-9-5-8-35(46-36)41(42,43)44)27-12-10-26(11-13-27)22-49(3)29-16-18-50(19-17-29)30-7-4-6-28(20-30)31-14-15-38(52)48-39(31)53/h4-9,20-21,23-27,29,31H,10-19,22H2,1-3H3,(H,46,47,54)(H,48,52,53). The van der Waals surface area contributed by atoms with Crippen LogP contribution in [0.15, 0.2) is 60.9 Å². The molecule has 3 aliphatic rings. The van der Waals surface area contributed by atoms with Crippen molar-refractivity contribution >= 4 is 34.9 Å². The molecule has 3 amide bonds. The van der Waals surface area contributed by atoms with Gasteiger partial charge in [0.15, 0.2) is 0 Å². The van der Waals surface area contributed by atoms with Crippen LogP contribution in [-0.2, 0) is 15.8 Å². The average molecular weight is 760 g/mol. The number of nitrogens with zero attached hydrogens (tertiary/aromatic N) is 5. The van der Waals surface area contributed by atoms with Gasteiger partial charge < -0.3 is 24.3 Å². The Bertz CT molecular complexity index is 2030. The van der Waals surface area contributed by atoms with Crippen LogP contribution in [0.1, 0.15) is 104 Å². The molecule has 55 heavy (non-hydrogen) atoms. The third-order valence-corrected chi connectivity index (χ3v) is 11.2. The summed E-state index contributed by atoms with van der Waals surface area (Å²) in [6, 6.07) is 13.8. The molecule has 1 aliphatic carbocycles. The number of piperidine rings is 2. The molecule has 2 aliphatic heterocycles. The van der Waals surface area contributed by atoms with Crippen LogP contribution in [0.5, 0.6) is 5.75 Å². The molecule has 1 unspecified atom stereocenters. The highest BCUT2D eigenvalue weighted by Crippen LogP contribution is 2.37. The SMILES string of the molecule is CC(C)Oc1cc2nc(C3CCC(CN(C)C4CCN(c5cccc(C6CCC(=O)NC6=O)c5)CC4)CC3)cn2cc1C(=O)Nc1cccc(C(F)(F)F)n1. The van der Waals surface area contributed by atoms with Crippen LogP contribution in [0, 0.1) is 5.92 Å². The number of anilines is 2. The number of halogens is 3. The lowest BCUT2D eigenvalue weighted by molar-refractivity contribution is -0.141. The highest BCUT2D eigenvalue weighted by Gasteiger charge is 2.33. The lowest BCUT2D eigenvalue weighted by Gasteiger charge is -2.40. The highest BCUT2D eigenvalue weighted by atomic mass is 19.4. The number of imidazole rings is 1. The number of ether oxygens (including phenoxy) is 1. The summed E-state index contributed by atoms with van der Waals surface area (Å²) >= 11 is 0. The first-order valence-corrected chi connectivity index (χ1v) is 19.2. The third-order valence-electron chi connectivity index (χ3n) is 11.2. The molecule has 4 aromatic rings. The number of hydrogen-bond donors (Lipinski definition) is 2. The molecule has 1 aromatic carbocycles. The fraction of sp³-hybridized carbons (Fsp3) is 0.488. The number of amides is 3. The Kier molecular flexibility index (Phi) is 11.2. The number of nitrogens with one attached hydrogen (secondary N) is 2. The summed E-state index contributed by atoms with van der Waals surface area (Å²) in [7, 11) is 2.24. The van der Waals surface area contributed by atoms with Gasteiger partial charge in [0.2, 0.25) is 11.8 Å². The van der Waals surface area contributed by atoms with Crippen LogP contribution in [0.4, 0.5) is 24.7 Å². The van der Waals surface area contributed by atoms with E-state index in [1.165, 1.54) is 12.1 Å². The number of rotatable bonds is 10. The Morgan fingerprint density at radius 3 is 2.44 bits per heavy atom. The third kappa shape index (κ3) is 8.95. The normalized spacial score (nSPS) is 21.3. The van der Waals surface area contributed by atoms with E-state index < -0.39 is 17.8 Å². The summed E-state index contributed by atoms with van der Waals surface area (Å²) in [5, 5.41) is 4.97. The summed E-state index contributed by atoms with van der Waals surface area (Å²) in [6.07, 6.45) is 5.93. The van der Waals surface area contributed by atoms with E-state index in [1.807, 2.05) is 32.2 Å². The predicted molar refractivity (Wildman–Crippen MR) is 202 cm³/mol. The molecule has 2 saturated heterocycles. The topological polar surface area (TPSA) is 121 Å². The molecule has 1 atom stereocenters. The van der Waals surface area contributed by atoms with Gasteiger partial charge in [-0.15, -0.1) is 0 Å². The van der Waals surface area contributed by atoms with Gasteiger partial charge in [-0.05, 0) is 102 Å². The smallest absolute Gasteiger partial charge is 0.433 e. The Balaban J connectivity index is 0.934. The maximum absolute atomic E-state index is 13.4. The van der Waals surface area contributed by atoms with Crippen molar-refractivity contribution < 1.29 is 32.3 Å². The second kappa shape index (κ2) is 16.0. The fourth-order valence-corrected chi connectivity index (χ4v) is 8.31. The molecule has 0 bridgehead atoms. The minimum absolute atomic E-state index is 0.169. The van der Waals surface area contributed by atoms with Crippen molar-refractivity contribution in [1.29, 1.82) is 0 Å². The number of carbonyl (C=O) groups is 3. The first kappa shape index (κ1) is 38.3. The second-order valence-corrected chi connectivity index (χ2v) is 15.5. The van der Waals surface area contributed by atoms with E-state index in [0.29, 0.717) is 36.2 Å². The van der Waals surface area contributed by atoms with Crippen molar-refractivity contribution in [3.05, 3.63) is 83.4 Å². The molecule has 2 N–H and O–H groups in total. The molecule has 11 nitrogen and oxygen atoms in total. The lowest BCUT2D eigenvalue weighted by Crippen LogP contribution is -2.45. The van der Waals surface area contributed by atoms with Crippen LogP contribution < -0.4 is 20.3 Å². The molecule has 3 aromatic heterocycles. The molecular weight excluding hydrogens is 711 g/mol. The number of benzene rings is 1. The van der Waals surface area contributed by atoms with Crippen molar-refractivity contribution in [3.63, 3.8) is 0 Å². The second-order valence-electron chi connectivity index (χ2n) is 15.5. The molecule has 0 spiro atoms. The van der Waals surface area contributed by atoms with Gasteiger partial charge in [0.05, 0.1) is 23.3 Å². The van der Waals surface area contributed by atoms with E-state index in [-0.39, 0.29) is 41.1 Å². The van der Waals surface area contributed by atoms with Gasteiger partial charge in [0, 0.05) is 62.2 Å². The van der Waals surface area contributed by atoms with Gasteiger partial charge >= 0.3 is 6.18 Å². The van der Waals surface area contributed by atoms with Crippen LogP contribution in [0.25, 0.3) is 5.65 Å². The van der Waals surface area contributed by atoms with Gasteiger partial charge in [-0.1, -0.05) is 18.2 Å². The van der Waals surface area contributed by atoms with Gasteiger partial charge in [-0.25, -0.2) is 9.97 Å². The van der Waals surface area contributed by atoms with Crippen LogP contribution >= 0.6 is 0 Å². The predicted octanol–water partition coefficient (Wildman–Crippen LogP) is 7.18. The van der Waals surface area contributed by atoms with Crippen molar-refractivity contribution in [3.8, 4) is 5.75 Å². The molecule has 0 radical (unpaired) electrons. The zero-order chi connectivity index (χ0) is 38.9. The molecule has 292 valence electrons. The summed E-state index contributed by atoms with van der Waals surface area (Å²) in [6.45, 7) is 6.61. The van der Waals surface area contributed by atoms with Crippen molar-refractivity contribution in [2.24, 2.45) is 5.92 Å². The molecule has 14 heteroatoms. The minimum Gasteiger partial charge on any atom is -0.490 e. The summed E-state index contributed by atoms with van der Waals surface area (Å²) in [5.41, 5.74) is 2.76. The number of alkyl halides is 3. The van der Waals surface area contributed by atoms with E-state index in [9.17, 15) is 27.6 Å². The maximum atomic E-state index is 13.4. The summed E-state index contributed by atoms with van der Waals surface area (Å²) in [5.74, 6) is -0.359. The number of aromatic nitrogens is 3. The zero-order valence-corrected chi connectivity index (χ0v) is 31.4. The van der Waals surface area contributed by atoms with Crippen molar-refractivity contribution in [2.45, 2.75) is 95.4 Å². The average Bonchev–Trinajstić information content (AvgIpc) is 3.57.